The fourth-order valence-corrected chi connectivity index (χ4v) is 2.98. The van der Waals surface area contributed by atoms with Gasteiger partial charge in [0.1, 0.15) is 17.3 Å². The number of thiophene rings is 1. The van der Waals surface area contributed by atoms with E-state index in [0.29, 0.717) is 24.7 Å². The summed E-state index contributed by atoms with van der Waals surface area (Å²) in [5.74, 6) is 1.90. The Bertz CT molecular complexity index is 771. The third kappa shape index (κ3) is 4.60. The first kappa shape index (κ1) is 17.0. The lowest BCUT2D eigenvalue weighted by Gasteiger charge is -2.20. The van der Waals surface area contributed by atoms with Crippen molar-refractivity contribution in [1.29, 1.82) is 0 Å². The van der Waals surface area contributed by atoms with Crippen LogP contribution >= 0.6 is 11.3 Å². The molecule has 0 bridgehead atoms. The summed E-state index contributed by atoms with van der Waals surface area (Å²) in [5, 5.41) is 8.76. The molecule has 6 nitrogen and oxygen atoms in total. The number of amides is 1. The third-order valence-corrected chi connectivity index (χ3v) is 4.33. The Morgan fingerprint density at radius 3 is 2.52 bits per heavy atom. The van der Waals surface area contributed by atoms with Crippen LogP contribution in [0.5, 0.6) is 11.5 Å². The minimum Gasteiger partial charge on any atom is -0.494 e. The van der Waals surface area contributed by atoms with Crippen LogP contribution in [0.4, 0.5) is 5.82 Å². The van der Waals surface area contributed by atoms with Gasteiger partial charge in [0.15, 0.2) is 6.61 Å². The Morgan fingerprint density at radius 1 is 1.16 bits per heavy atom. The molecule has 0 fully saturated rings. The van der Waals surface area contributed by atoms with E-state index in [2.05, 4.69) is 10.2 Å². The Kier molecular flexibility index (Phi) is 5.69. The molecule has 0 aliphatic rings. The summed E-state index contributed by atoms with van der Waals surface area (Å²) in [4.78, 5) is 15.4. The molecular weight excluding hydrogens is 338 g/mol. The number of rotatable bonds is 8. The maximum atomic E-state index is 12.6. The lowest BCUT2D eigenvalue weighted by atomic mass is 10.3. The van der Waals surface area contributed by atoms with Crippen LogP contribution in [0.25, 0.3) is 0 Å². The van der Waals surface area contributed by atoms with Crippen LogP contribution in [-0.4, -0.2) is 29.3 Å². The molecule has 2 heterocycles. The molecule has 0 atom stereocenters. The summed E-state index contributed by atoms with van der Waals surface area (Å²) in [6.07, 6.45) is 1.62. The first-order valence-electron chi connectivity index (χ1n) is 7.94. The van der Waals surface area contributed by atoms with E-state index in [9.17, 15) is 4.79 Å². The van der Waals surface area contributed by atoms with Gasteiger partial charge >= 0.3 is 0 Å². The topological polar surface area (TPSA) is 67.5 Å². The average molecular weight is 357 g/mol. The minimum atomic E-state index is -0.147. The van der Waals surface area contributed by atoms with E-state index in [1.165, 1.54) is 0 Å². The van der Waals surface area contributed by atoms with E-state index in [0.717, 1.165) is 10.6 Å². The Morgan fingerprint density at radius 2 is 1.92 bits per heavy atom. The summed E-state index contributed by atoms with van der Waals surface area (Å²) in [6, 6.07) is 12.9. The van der Waals surface area contributed by atoms with E-state index in [-0.39, 0.29) is 12.5 Å². The van der Waals surface area contributed by atoms with Crippen LogP contribution in [0.3, 0.4) is 0 Å². The van der Waals surface area contributed by atoms with Gasteiger partial charge in [0, 0.05) is 10.9 Å². The Balaban J connectivity index is 1.64. The maximum Gasteiger partial charge on any atom is 0.266 e. The minimum absolute atomic E-state index is 0.0572. The fraction of sp³-hybridized carbons (Fsp3) is 0.222. The van der Waals surface area contributed by atoms with Crippen molar-refractivity contribution < 1.29 is 14.3 Å². The largest absolute Gasteiger partial charge is 0.494 e. The Labute approximate surface area is 150 Å². The zero-order valence-corrected chi connectivity index (χ0v) is 14.7. The van der Waals surface area contributed by atoms with Gasteiger partial charge in [-0.1, -0.05) is 6.07 Å². The zero-order valence-electron chi connectivity index (χ0n) is 13.8. The van der Waals surface area contributed by atoms with Gasteiger partial charge in [-0.25, -0.2) is 0 Å². The van der Waals surface area contributed by atoms with Crippen molar-refractivity contribution in [2.75, 3.05) is 18.1 Å². The number of carbonyl (C=O) groups excluding carboxylic acids is 1. The highest BCUT2D eigenvalue weighted by Gasteiger charge is 2.18. The summed E-state index contributed by atoms with van der Waals surface area (Å²) >= 11 is 1.60. The van der Waals surface area contributed by atoms with Crippen LogP contribution in [0, 0.1) is 0 Å². The fourth-order valence-electron chi connectivity index (χ4n) is 2.29. The molecule has 0 aliphatic carbocycles. The number of hydrogen-bond donors (Lipinski definition) is 1. The van der Waals surface area contributed by atoms with Crippen molar-refractivity contribution in [1.82, 2.24) is 10.2 Å². The van der Waals surface area contributed by atoms with E-state index in [1.807, 2.05) is 36.6 Å². The molecule has 7 heteroatoms. The standard InChI is InChI=1S/C18H19N3O3S/c1-2-23-14-5-7-15(8-6-14)24-13-18(22)21(17-9-10-19-20-17)12-16-4-3-11-25-16/h3-11H,2,12-13H2,1H3,(H,19,20). The molecule has 1 amide bonds. The second-order valence-corrected chi connectivity index (χ2v) is 6.23. The van der Waals surface area contributed by atoms with Gasteiger partial charge in [-0.2, -0.15) is 5.10 Å². The molecule has 0 saturated carbocycles. The van der Waals surface area contributed by atoms with Crippen molar-refractivity contribution >= 4 is 23.1 Å². The summed E-state index contributed by atoms with van der Waals surface area (Å²) in [7, 11) is 0. The number of aromatic nitrogens is 2. The van der Waals surface area contributed by atoms with Crippen LogP contribution in [-0.2, 0) is 11.3 Å². The molecule has 1 aromatic carbocycles. The van der Waals surface area contributed by atoms with Crippen molar-refractivity contribution in [3.63, 3.8) is 0 Å². The van der Waals surface area contributed by atoms with Gasteiger partial charge in [0.05, 0.1) is 19.3 Å². The summed E-state index contributed by atoms with van der Waals surface area (Å²) in [6.45, 7) is 2.96. The second-order valence-electron chi connectivity index (χ2n) is 5.19. The molecule has 1 N–H and O–H groups in total. The van der Waals surface area contributed by atoms with Crippen molar-refractivity contribution in [2.45, 2.75) is 13.5 Å². The van der Waals surface area contributed by atoms with Gasteiger partial charge in [-0.05, 0) is 42.6 Å². The molecule has 3 aromatic rings. The number of aromatic amines is 1. The highest BCUT2D eigenvalue weighted by atomic mass is 32.1. The molecule has 3 rings (SSSR count). The number of hydrogen-bond acceptors (Lipinski definition) is 5. The first-order valence-corrected chi connectivity index (χ1v) is 8.82. The first-order chi connectivity index (χ1) is 12.3. The van der Waals surface area contributed by atoms with Gasteiger partial charge in [-0.3, -0.25) is 14.8 Å². The second kappa shape index (κ2) is 8.34. The SMILES string of the molecule is CCOc1ccc(OCC(=O)N(Cc2cccs2)c2ccn[nH]2)cc1. The molecule has 0 unspecified atom stereocenters. The van der Waals surface area contributed by atoms with E-state index in [1.54, 1.807) is 40.6 Å². The van der Waals surface area contributed by atoms with Crippen molar-refractivity contribution in [3.8, 4) is 11.5 Å². The molecule has 130 valence electrons. The summed E-state index contributed by atoms with van der Waals surface area (Å²) in [5.41, 5.74) is 0. The number of anilines is 1. The molecule has 0 aliphatic heterocycles. The number of H-pyrrole nitrogens is 1. The lowest BCUT2D eigenvalue weighted by molar-refractivity contribution is -0.120. The summed E-state index contributed by atoms with van der Waals surface area (Å²) < 4.78 is 11.0. The smallest absolute Gasteiger partial charge is 0.266 e. The maximum absolute atomic E-state index is 12.6. The third-order valence-electron chi connectivity index (χ3n) is 3.47. The Hall–Kier alpha value is -2.80. The van der Waals surface area contributed by atoms with Gasteiger partial charge < -0.3 is 9.47 Å². The van der Waals surface area contributed by atoms with Crippen LogP contribution < -0.4 is 14.4 Å². The number of carbonyl (C=O) groups is 1. The van der Waals surface area contributed by atoms with Crippen molar-refractivity contribution in [3.05, 3.63) is 58.9 Å². The number of nitrogens with zero attached hydrogens (tertiary/aromatic N) is 2. The normalized spacial score (nSPS) is 10.4. The van der Waals surface area contributed by atoms with Gasteiger partial charge in [0.2, 0.25) is 0 Å². The number of benzene rings is 1. The average Bonchev–Trinajstić information content (AvgIpc) is 3.33. The lowest BCUT2D eigenvalue weighted by Crippen LogP contribution is -2.34. The molecule has 25 heavy (non-hydrogen) atoms. The highest BCUT2D eigenvalue weighted by Crippen LogP contribution is 2.20. The van der Waals surface area contributed by atoms with Crippen LogP contribution in [0.1, 0.15) is 11.8 Å². The van der Waals surface area contributed by atoms with Gasteiger partial charge in [0.25, 0.3) is 5.91 Å². The predicted molar refractivity (Wildman–Crippen MR) is 97.2 cm³/mol. The van der Waals surface area contributed by atoms with Crippen LogP contribution in [0.2, 0.25) is 0 Å². The molecular formula is C18H19N3O3S. The van der Waals surface area contributed by atoms with Gasteiger partial charge in [-0.15, -0.1) is 11.3 Å². The number of nitrogens with one attached hydrogen (secondary N) is 1. The molecule has 0 radical (unpaired) electrons. The zero-order chi connectivity index (χ0) is 17.5. The molecule has 2 aromatic heterocycles. The van der Waals surface area contributed by atoms with Crippen LogP contribution in [0.15, 0.2) is 54.0 Å². The van der Waals surface area contributed by atoms with E-state index < -0.39 is 0 Å². The van der Waals surface area contributed by atoms with E-state index in [4.69, 9.17) is 9.47 Å². The predicted octanol–water partition coefficient (Wildman–Crippen LogP) is 3.48. The monoisotopic (exact) mass is 357 g/mol. The highest BCUT2D eigenvalue weighted by molar-refractivity contribution is 7.09. The molecule has 0 saturated heterocycles. The molecule has 0 spiro atoms. The van der Waals surface area contributed by atoms with Crippen molar-refractivity contribution in [2.24, 2.45) is 0 Å². The quantitative estimate of drug-likeness (QED) is 0.670. The number of ether oxygens (including phenoxy) is 2. The van der Waals surface area contributed by atoms with E-state index >= 15 is 0 Å².